The van der Waals surface area contributed by atoms with E-state index in [9.17, 15) is 9.59 Å². The molecule has 0 bridgehead atoms. The van der Waals surface area contributed by atoms with Gasteiger partial charge in [-0.05, 0) is 35.7 Å². The van der Waals surface area contributed by atoms with Crippen molar-refractivity contribution in [1.82, 2.24) is 5.01 Å². The molecule has 0 aliphatic carbocycles. The normalized spacial score (nSPS) is 21.6. The molecule has 0 spiro atoms. The molecule has 0 N–H and O–H groups in total. The predicted octanol–water partition coefficient (Wildman–Crippen LogP) is 3.40. The first kappa shape index (κ1) is 16.7. The van der Waals surface area contributed by atoms with Gasteiger partial charge >= 0.3 is 0 Å². The van der Waals surface area contributed by atoms with Crippen molar-refractivity contribution in [2.24, 2.45) is 10.3 Å². The molecule has 0 aromatic heterocycles. The number of anilines is 1. The van der Waals surface area contributed by atoms with Gasteiger partial charge in [-0.25, -0.2) is 4.90 Å². The van der Waals surface area contributed by atoms with Gasteiger partial charge in [0, 0.05) is 5.02 Å². The van der Waals surface area contributed by atoms with Crippen LogP contribution in [0.3, 0.4) is 0 Å². The van der Waals surface area contributed by atoms with Crippen LogP contribution < -0.4 is 4.90 Å². The molecule has 1 fully saturated rings. The van der Waals surface area contributed by atoms with Gasteiger partial charge in [-0.1, -0.05) is 54.1 Å². The minimum atomic E-state index is -0.796. The Balaban J connectivity index is 1.60. The van der Waals surface area contributed by atoms with Crippen LogP contribution in [0.2, 0.25) is 5.02 Å². The summed E-state index contributed by atoms with van der Waals surface area (Å²) in [6.45, 7) is 2.38. The molecular formula is C19H17ClN4O2. The third kappa shape index (κ3) is 2.66. The van der Waals surface area contributed by atoms with Gasteiger partial charge in [0.1, 0.15) is 0 Å². The summed E-state index contributed by atoms with van der Waals surface area (Å²) in [4.78, 5) is 26.9. The molecular weight excluding hydrogens is 352 g/mol. The van der Waals surface area contributed by atoms with Crippen LogP contribution in [0.5, 0.6) is 0 Å². The van der Waals surface area contributed by atoms with E-state index in [1.165, 1.54) is 4.90 Å². The number of nitrogens with zero attached hydrogens (tertiary/aromatic N) is 4. The summed E-state index contributed by atoms with van der Waals surface area (Å²) in [5.74, 6) is -0.643. The molecule has 2 aromatic rings. The maximum Gasteiger partial charge on any atom is 0.263 e. The second-order valence-electron chi connectivity index (χ2n) is 6.32. The van der Waals surface area contributed by atoms with Crippen molar-refractivity contribution >= 4 is 29.1 Å². The third-order valence-electron chi connectivity index (χ3n) is 4.75. The van der Waals surface area contributed by atoms with Crippen LogP contribution in [-0.4, -0.2) is 28.9 Å². The number of aryl methyl sites for hydroxylation is 1. The molecule has 2 aromatic carbocycles. The molecule has 2 aliphatic heterocycles. The summed E-state index contributed by atoms with van der Waals surface area (Å²) in [5, 5.41) is 10.2. The minimum Gasteiger partial charge on any atom is -0.271 e. The van der Waals surface area contributed by atoms with Crippen molar-refractivity contribution < 1.29 is 9.59 Å². The van der Waals surface area contributed by atoms with Crippen LogP contribution in [-0.2, 0) is 22.6 Å². The van der Waals surface area contributed by atoms with Crippen LogP contribution in [0, 0.1) is 0 Å². The van der Waals surface area contributed by atoms with E-state index in [4.69, 9.17) is 11.6 Å². The van der Waals surface area contributed by atoms with Crippen LogP contribution in [0.1, 0.15) is 18.1 Å². The van der Waals surface area contributed by atoms with Gasteiger partial charge in [-0.2, -0.15) is 5.11 Å². The first-order valence-electron chi connectivity index (χ1n) is 8.47. The fourth-order valence-corrected chi connectivity index (χ4v) is 3.49. The largest absolute Gasteiger partial charge is 0.271 e. The standard InChI is InChI=1S/C19H17ClN4O2/c1-2-12-7-9-14(10-8-12)24-18(25)16-17(19(24)26)23(22-21-16)11-13-5-3-4-6-15(13)20/h3-10,16-17H,2,11H2,1H3/t16-,17+/m1/s1. The summed E-state index contributed by atoms with van der Waals surface area (Å²) in [6, 6.07) is 13.3. The number of fused-ring (bicyclic) bond motifs is 1. The quantitative estimate of drug-likeness (QED) is 0.777. The lowest BCUT2D eigenvalue weighted by Crippen LogP contribution is -2.39. The van der Waals surface area contributed by atoms with Crippen molar-refractivity contribution in [3.63, 3.8) is 0 Å². The second kappa shape index (κ2) is 6.53. The zero-order valence-electron chi connectivity index (χ0n) is 14.2. The maximum atomic E-state index is 12.9. The van der Waals surface area contributed by atoms with Gasteiger partial charge in [0.2, 0.25) is 0 Å². The number of benzene rings is 2. The molecule has 0 radical (unpaired) electrons. The molecule has 2 aliphatic rings. The van der Waals surface area contributed by atoms with Crippen molar-refractivity contribution in [2.75, 3.05) is 4.90 Å². The van der Waals surface area contributed by atoms with Crippen molar-refractivity contribution in [2.45, 2.75) is 32.0 Å². The molecule has 4 rings (SSSR count). The van der Waals surface area contributed by atoms with E-state index in [2.05, 4.69) is 17.3 Å². The van der Waals surface area contributed by atoms with Gasteiger partial charge in [-0.3, -0.25) is 14.6 Å². The van der Waals surface area contributed by atoms with Gasteiger partial charge < -0.3 is 0 Å². The second-order valence-corrected chi connectivity index (χ2v) is 6.72. The molecule has 0 saturated carbocycles. The monoisotopic (exact) mass is 368 g/mol. The Morgan fingerprint density at radius 1 is 1.04 bits per heavy atom. The fraction of sp³-hybridized carbons (Fsp3) is 0.263. The topological polar surface area (TPSA) is 65.3 Å². The minimum absolute atomic E-state index is 0.304. The molecule has 7 heteroatoms. The molecule has 2 heterocycles. The van der Waals surface area contributed by atoms with Crippen molar-refractivity contribution in [3.8, 4) is 0 Å². The van der Waals surface area contributed by atoms with Crippen LogP contribution >= 0.6 is 11.6 Å². The zero-order chi connectivity index (χ0) is 18.3. The van der Waals surface area contributed by atoms with Crippen molar-refractivity contribution in [1.29, 1.82) is 0 Å². The Bertz CT molecular complexity index is 897. The summed E-state index contributed by atoms with van der Waals surface area (Å²) in [5.41, 5.74) is 2.55. The van der Waals surface area contributed by atoms with E-state index >= 15 is 0 Å². The Labute approximate surface area is 156 Å². The van der Waals surface area contributed by atoms with E-state index in [1.54, 1.807) is 23.2 Å². The SMILES string of the molecule is CCc1ccc(N2C(=O)[C@@H]3[C@@H](N=NN3Cc3ccccc3Cl)C2=O)cc1. The highest BCUT2D eigenvalue weighted by Crippen LogP contribution is 2.33. The van der Waals surface area contributed by atoms with Crippen LogP contribution in [0.4, 0.5) is 5.69 Å². The van der Waals surface area contributed by atoms with Gasteiger partial charge in [0.25, 0.3) is 11.8 Å². The van der Waals surface area contributed by atoms with Gasteiger partial charge in [0.15, 0.2) is 12.1 Å². The lowest BCUT2D eigenvalue weighted by Gasteiger charge is -2.21. The highest BCUT2D eigenvalue weighted by Gasteiger charge is 2.54. The number of hydrogen-bond acceptors (Lipinski definition) is 5. The van der Waals surface area contributed by atoms with Crippen molar-refractivity contribution in [3.05, 3.63) is 64.7 Å². The Morgan fingerprint density at radius 3 is 2.46 bits per heavy atom. The summed E-state index contributed by atoms with van der Waals surface area (Å²) < 4.78 is 0. The molecule has 2 atom stereocenters. The Hall–Kier alpha value is -2.73. The van der Waals surface area contributed by atoms with Crippen LogP contribution in [0.25, 0.3) is 0 Å². The molecule has 132 valence electrons. The van der Waals surface area contributed by atoms with E-state index in [-0.39, 0.29) is 11.8 Å². The number of rotatable bonds is 4. The number of hydrogen-bond donors (Lipinski definition) is 0. The number of halogens is 1. The van der Waals surface area contributed by atoms with Gasteiger partial charge in [0.05, 0.1) is 12.2 Å². The summed E-state index contributed by atoms with van der Waals surface area (Å²) in [7, 11) is 0. The number of imide groups is 1. The number of carbonyl (C=O) groups excluding carboxylic acids is 2. The average molecular weight is 369 g/mol. The fourth-order valence-electron chi connectivity index (χ4n) is 3.29. The third-order valence-corrected chi connectivity index (χ3v) is 5.12. The molecule has 26 heavy (non-hydrogen) atoms. The van der Waals surface area contributed by atoms with Gasteiger partial charge in [-0.15, -0.1) is 0 Å². The van der Waals surface area contributed by atoms with Crippen LogP contribution in [0.15, 0.2) is 58.9 Å². The first-order chi connectivity index (χ1) is 12.6. The Kier molecular flexibility index (Phi) is 4.20. The average Bonchev–Trinajstić information content (AvgIpc) is 3.17. The highest BCUT2D eigenvalue weighted by atomic mass is 35.5. The summed E-state index contributed by atoms with van der Waals surface area (Å²) in [6.07, 6.45) is 0.896. The molecule has 1 saturated heterocycles. The smallest absolute Gasteiger partial charge is 0.263 e. The maximum absolute atomic E-state index is 12.9. The zero-order valence-corrected chi connectivity index (χ0v) is 14.9. The Morgan fingerprint density at radius 2 is 1.77 bits per heavy atom. The molecule has 6 nitrogen and oxygen atoms in total. The lowest BCUT2D eigenvalue weighted by atomic mass is 10.1. The number of amides is 2. The first-order valence-corrected chi connectivity index (χ1v) is 8.85. The predicted molar refractivity (Wildman–Crippen MR) is 97.7 cm³/mol. The van der Waals surface area contributed by atoms with E-state index < -0.39 is 12.1 Å². The van der Waals surface area contributed by atoms with E-state index in [0.717, 1.165) is 17.5 Å². The lowest BCUT2D eigenvalue weighted by molar-refractivity contribution is -0.123. The molecule has 2 amide bonds. The number of carbonyl (C=O) groups is 2. The highest BCUT2D eigenvalue weighted by molar-refractivity contribution is 6.31. The van der Waals surface area contributed by atoms with E-state index in [1.807, 2.05) is 30.3 Å². The summed E-state index contributed by atoms with van der Waals surface area (Å²) >= 11 is 6.20. The van der Waals surface area contributed by atoms with E-state index in [0.29, 0.717) is 17.3 Å². The molecule has 0 unspecified atom stereocenters.